The number of amides is 1. The first kappa shape index (κ1) is 17.0. The third-order valence-electron chi connectivity index (χ3n) is 4.25. The van der Waals surface area contributed by atoms with E-state index in [-0.39, 0.29) is 5.91 Å². The highest BCUT2D eigenvalue weighted by molar-refractivity contribution is 5.92. The highest BCUT2D eigenvalue weighted by Crippen LogP contribution is 2.24. The van der Waals surface area contributed by atoms with E-state index in [1.165, 1.54) is 17.5 Å². The summed E-state index contributed by atoms with van der Waals surface area (Å²) in [5.41, 5.74) is 3.79. The molecule has 5 heteroatoms. The number of hydrogen-bond acceptors (Lipinski definition) is 4. The van der Waals surface area contributed by atoms with Crippen LogP contribution in [0.15, 0.2) is 36.5 Å². The van der Waals surface area contributed by atoms with Crippen LogP contribution >= 0.6 is 0 Å². The van der Waals surface area contributed by atoms with Gasteiger partial charge in [0.2, 0.25) is 5.91 Å². The number of pyridine rings is 1. The van der Waals surface area contributed by atoms with E-state index in [0.717, 1.165) is 18.4 Å². The molecule has 5 nitrogen and oxygen atoms in total. The van der Waals surface area contributed by atoms with Crippen LogP contribution in [0.1, 0.15) is 36.0 Å². The second-order valence-electron chi connectivity index (χ2n) is 6.14. The van der Waals surface area contributed by atoms with Gasteiger partial charge >= 0.3 is 0 Å². The van der Waals surface area contributed by atoms with Gasteiger partial charge < -0.3 is 10.1 Å². The molecule has 1 aromatic heterocycles. The summed E-state index contributed by atoms with van der Waals surface area (Å²) in [6.07, 6.45) is 6.47. The van der Waals surface area contributed by atoms with Crippen LogP contribution < -0.4 is 10.1 Å². The van der Waals surface area contributed by atoms with Crippen molar-refractivity contribution in [1.82, 2.24) is 4.98 Å². The van der Waals surface area contributed by atoms with Gasteiger partial charge in [-0.05, 0) is 54.5 Å². The van der Waals surface area contributed by atoms with Crippen LogP contribution in [0.4, 0.5) is 5.82 Å². The number of carbonyl (C=O) groups excluding carboxylic acids is 1. The fourth-order valence-corrected chi connectivity index (χ4v) is 3.03. The number of nitrogens with zero attached hydrogens (tertiary/aromatic N) is 2. The van der Waals surface area contributed by atoms with Crippen molar-refractivity contribution in [3.8, 4) is 11.8 Å². The van der Waals surface area contributed by atoms with E-state index in [1.54, 1.807) is 18.3 Å². The van der Waals surface area contributed by atoms with Crippen LogP contribution in [0.3, 0.4) is 0 Å². The summed E-state index contributed by atoms with van der Waals surface area (Å²) in [7, 11) is 0. The quantitative estimate of drug-likeness (QED) is 0.787. The monoisotopic (exact) mass is 335 g/mol. The second-order valence-corrected chi connectivity index (χ2v) is 6.14. The molecule has 0 aliphatic heterocycles. The molecule has 0 saturated heterocycles. The molecule has 1 amide bonds. The van der Waals surface area contributed by atoms with E-state index in [9.17, 15) is 4.79 Å². The number of nitriles is 1. The van der Waals surface area contributed by atoms with Gasteiger partial charge in [0.25, 0.3) is 0 Å². The average Bonchev–Trinajstić information content (AvgIpc) is 3.08. The fraction of sp³-hybridized carbons (Fsp3) is 0.350. The Kier molecular flexibility index (Phi) is 5.63. The Morgan fingerprint density at radius 3 is 3.04 bits per heavy atom. The van der Waals surface area contributed by atoms with Crippen molar-refractivity contribution in [2.75, 3.05) is 11.9 Å². The molecule has 0 atom stereocenters. The van der Waals surface area contributed by atoms with Crippen LogP contribution in [0.25, 0.3) is 0 Å². The highest BCUT2D eigenvalue weighted by atomic mass is 16.5. The third kappa shape index (κ3) is 4.57. The van der Waals surface area contributed by atoms with Gasteiger partial charge in [-0.15, -0.1) is 0 Å². The van der Waals surface area contributed by atoms with Crippen molar-refractivity contribution in [3.05, 3.63) is 53.2 Å². The molecule has 0 saturated carbocycles. The zero-order valence-electron chi connectivity index (χ0n) is 14.1. The maximum Gasteiger partial charge on any atom is 0.230 e. The number of aryl methyl sites for hydroxylation is 2. The molecule has 0 unspecified atom stereocenters. The van der Waals surface area contributed by atoms with E-state index in [0.29, 0.717) is 37.4 Å². The maximum absolute atomic E-state index is 12.4. The Balaban J connectivity index is 1.60. The molecule has 3 rings (SSSR count). The van der Waals surface area contributed by atoms with Gasteiger partial charge in [0.15, 0.2) is 11.6 Å². The number of fused-ring (bicyclic) bond motifs is 1. The Bertz CT molecular complexity index is 796. The zero-order chi connectivity index (χ0) is 17.5. The maximum atomic E-state index is 12.4. The van der Waals surface area contributed by atoms with Crippen LogP contribution in [0.2, 0.25) is 0 Å². The molecule has 1 heterocycles. The standard InChI is InChI=1S/C20H21N3O2/c21-10-1-2-12-25-18-7-4-11-22-20(18)23-19(24)14-15-8-9-16-5-3-6-17(16)13-15/h4,7-9,11,13H,1-3,5-6,12,14H2,(H,22,23,24). The molecule has 2 aromatic rings. The van der Waals surface area contributed by atoms with E-state index in [2.05, 4.69) is 28.5 Å². The van der Waals surface area contributed by atoms with Gasteiger partial charge in [-0.3, -0.25) is 4.79 Å². The lowest BCUT2D eigenvalue weighted by molar-refractivity contribution is -0.115. The van der Waals surface area contributed by atoms with Crippen LogP contribution in [-0.2, 0) is 24.1 Å². The number of carbonyl (C=O) groups is 1. The summed E-state index contributed by atoms with van der Waals surface area (Å²) in [5, 5.41) is 11.4. The van der Waals surface area contributed by atoms with Crippen molar-refractivity contribution < 1.29 is 9.53 Å². The molecule has 25 heavy (non-hydrogen) atoms. The van der Waals surface area contributed by atoms with Gasteiger partial charge in [0.1, 0.15) is 0 Å². The van der Waals surface area contributed by atoms with Crippen LogP contribution in [0, 0.1) is 11.3 Å². The lowest BCUT2D eigenvalue weighted by Gasteiger charge is -2.11. The number of ether oxygens (including phenoxy) is 1. The summed E-state index contributed by atoms with van der Waals surface area (Å²) >= 11 is 0. The first-order valence-corrected chi connectivity index (χ1v) is 8.61. The number of unbranched alkanes of at least 4 members (excludes halogenated alkanes) is 1. The third-order valence-corrected chi connectivity index (χ3v) is 4.25. The molecule has 0 fully saturated rings. The summed E-state index contributed by atoms with van der Waals surface area (Å²) < 4.78 is 5.62. The molecule has 1 aliphatic rings. The topological polar surface area (TPSA) is 75.0 Å². The fourth-order valence-electron chi connectivity index (χ4n) is 3.03. The second kappa shape index (κ2) is 8.29. The summed E-state index contributed by atoms with van der Waals surface area (Å²) in [5.74, 6) is 0.840. The van der Waals surface area contributed by atoms with Gasteiger partial charge in [-0.2, -0.15) is 5.26 Å². The van der Waals surface area contributed by atoms with Crippen molar-refractivity contribution in [2.24, 2.45) is 0 Å². The molecule has 0 radical (unpaired) electrons. The van der Waals surface area contributed by atoms with Gasteiger partial charge in [-0.25, -0.2) is 4.98 Å². The first-order chi connectivity index (χ1) is 12.3. The smallest absolute Gasteiger partial charge is 0.230 e. The molecule has 1 aliphatic carbocycles. The predicted molar refractivity (Wildman–Crippen MR) is 95.4 cm³/mol. The number of rotatable bonds is 7. The van der Waals surface area contributed by atoms with Crippen molar-refractivity contribution in [3.63, 3.8) is 0 Å². The summed E-state index contributed by atoms with van der Waals surface area (Å²) in [6, 6.07) is 11.9. The number of benzene rings is 1. The first-order valence-electron chi connectivity index (χ1n) is 8.61. The van der Waals surface area contributed by atoms with E-state index >= 15 is 0 Å². The number of nitrogens with one attached hydrogen (secondary N) is 1. The van der Waals surface area contributed by atoms with Crippen molar-refractivity contribution >= 4 is 11.7 Å². The minimum absolute atomic E-state index is 0.112. The van der Waals surface area contributed by atoms with E-state index in [4.69, 9.17) is 10.00 Å². The summed E-state index contributed by atoms with van der Waals surface area (Å²) in [4.78, 5) is 16.6. The minimum Gasteiger partial charge on any atom is -0.490 e. The van der Waals surface area contributed by atoms with Crippen LogP contribution in [-0.4, -0.2) is 17.5 Å². The van der Waals surface area contributed by atoms with Gasteiger partial charge in [0, 0.05) is 12.6 Å². The molecule has 128 valence electrons. The largest absolute Gasteiger partial charge is 0.490 e. The lowest BCUT2D eigenvalue weighted by atomic mass is 10.0. The predicted octanol–water partition coefficient (Wildman–Crippen LogP) is 3.43. The normalized spacial score (nSPS) is 12.3. The number of anilines is 1. The summed E-state index contributed by atoms with van der Waals surface area (Å²) in [6.45, 7) is 0.424. The molecule has 1 aromatic carbocycles. The Labute approximate surface area is 147 Å². The van der Waals surface area contributed by atoms with Crippen molar-refractivity contribution in [2.45, 2.75) is 38.5 Å². The van der Waals surface area contributed by atoms with Crippen LogP contribution in [0.5, 0.6) is 5.75 Å². The van der Waals surface area contributed by atoms with E-state index in [1.807, 2.05) is 6.07 Å². The Morgan fingerprint density at radius 2 is 2.16 bits per heavy atom. The van der Waals surface area contributed by atoms with Gasteiger partial charge in [-0.1, -0.05) is 18.2 Å². The number of aromatic nitrogens is 1. The molecule has 0 spiro atoms. The Hall–Kier alpha value is -2.87. The SMILES string of the molecule is N#CCCCOc1cccnc1NC(=O)Cc1ccc2c(c1)CCC2. The molecular weight excluding hydrogens is 314 g/mol. The minimum atomic E-state index is -0.112. The molecule has 0 bridgehead atoms. The number of hydrogen-bond donors (Lipinski definition) is 1. The highest BCUT2D eigenvalue weighted by Gasteiger charge is 2.13. The van der Waals surface area contributed by atoms with Crippen molar-refractivity contribution in [1.29, 1.82) is 5.26 Å². The average molecular weight is 335 g/mol. The van der Waals surface area contributed by atoms with E-state index < -0.39 is 0 Å². The Morgan fingerprint density at radius 1 is 1.28 bits per heavy atom. The molecule has 1 N–H and O–H groups in total. The zero-order valence-corrected chi connectivity index (χ0v) is 14.1. The van der Waals surface area contributed by atoms with Gasteiger partial charge in [0.05, 0.1) is 19.1 Å². The lowest BCUT2D eigenvalue weighted by Crippen LogP contribution is -2.16. The molecular formula is C20H21N3O2.